The fraction of sp³-hybridized carbons (Fsp3) is 0. The van der Waals surface area contributed by atoms with Crippen molar-refractivity contribution in [1.29, 1.82) is 0 Å². The summed E-state index contributed by atoms with van der Waals surface area (Å²) < 4.78 is 14.2. The first-order valence-electron chi connectivity index (χ1n) is 6.04. The number of fused-ring (bicyclic) bond motifs is 1. The van der Waals surface area contributed by atoms with Crippen LogP contribution in [0.5, 0.6) is 5.75 Å². The van der Waals surface area contributed by atoms with Crippen LogP contribution in [-0.4, -0.2) is 10.1 Å². The van der Waals surface area contributed by atoms with Gasteiger partial charge in [-0.25, -0.2) is 4.39 Å². The lowest BCUT2D eigenvalue weighted by Crippen LogP contribution is -1.95. The van der Waals surface area contributed by atoms with Gasteiger partial charge >= 0.3 is 0 Å². The van der Waals surface area contributed by atoms with Crippen molar-refractivity contribution in [3.05, 3.63) is 57.9 Å². The zero-order valence-corrected chi connectivity index (χ0v) is 14.1. The second kappa shape index (κ2) is 6.69. The molecular formula is C15H10BrCl2FN2O. The van der Waals surface area contributed by atoms with Crippen LogP contribution in [0.25, 0.3) is 10.9 Å². The summed E-state index contributed by atoms with van der Waals surface area (Å²) in [6, 6.07) is 9.54. The Hall–Kier alpha value is -1.56. The smallest absolute Gasteiger partial charge is 0.148 e. The number of rotatable bonds is 2. The Morgan fingerprint density at radius 3 is 2.68 bits per heavy atom. The molecule has 114 valence electrons. The van der Waals surface area contributed by atoms with Gasteiger partial charge in [0.2, 0.25) is 0 Å². The van der Waals surface area contributed by atoms with E-state index >= 15 is 0 Å². The Balaban J connectivity index is 0.00000176. The number of nitrogens with zero attached hydrogens (tertiary/aromatic N) is 1. The van der Waals surface area contributed by atoms with Gasteiger partial charge in [0.15, 0.2) is 0 Å². The Labute approximate surface area is 145 Å². The van der Waals surface area contributed by atoms with Crippen LogP contribution in [0.4, 0.5) is 15.8 Å². The van der Waals surface area contributed by atoms with Crippen molar-refractivity contribution in [2.75, 3.05) is 5.32 Å². The molecule has 0 fully saturated rings. The minimum absolute atomic E-state index is 0. The van der Waals surface area contributed by atoms with Crippen molar-refractivity contribution in [2.45, 2.75) is 0 Å². The molecule has 0 atom stereocenters. The molecule has 0 radical (unpaired) electrons. The predicted octanol–water partition coefficient (Wildman–Crippen LogP) is 5.66. The number of halogens is 4. The maximum absolute atomic E-state index is 13.9. The Bertz CT molecular complexity index is 845. The number of phenolic OH excluding ortho intramolecular Hbond substituents is 1. The summed E-state index contributed by atoms with van der Waals surface area (Å²) in [4.78, 5) is 4.22. The van der Waals surface area contributed by atoms with Crippen molar-refractivity contribution in [3.8, 4) is 5.75 Å². The predicted molar refractivity (Wildman–Crippen MR) is 93.0 cm³/mol. The van der Waals surface area contributed by atoms with Crippen molar-refractivity contribution in [3.63, 3.8) is 0 Å². The molecule has 0 unspecified atom stereocenters. The number of aromatic hydroxyl groups is 1. The first kappa shape index (κ1) is 16.8. The summed E-state index contributed by atoms with van der Waals surface area (Å²) >= 11 is 9.01. The Morgan fingerprint density at radius 1 is 1.14 bits per heavy atom. The lowest BCUT2D eigenvalue weighted by molar-refractivity contribution is 0.470. The molecule has 22 heavy (non-hydrogen) atoms. The summed E-state index contributed by atoms with van der Waals surface area (Å²) in [5.41, 5.74) is 1.56. The van der Waals surface area contributed by atoms with Gasteiger partial charge in [0.05, 0.1) is 15.7 Å². The van der Waals surface area contributed by atoms with E-state index in [2.05, 4.69) is 26.2 Å². The number of benzene rings is 2. The van der Waals surface area contributed by atoms with E-state index < -0.39 is 5.82 Å². The van der Waals surface area contributed by atoms with Gasteiger partial charge in [-0.2, -0.15) is 0 Å². The molecule has 7 heteroatoms. The molecule has 0 saturated heterocycles. The third-order valence-electron chi connectivity index (χ3n) is 3.01. The molecule has 0 spiro atoms. The second-order valence-electron chi connectivity index (χ2n) is 4.43. The zero-order chi connectivity index (χ0) is 15.0. The van der Waals surface area contributed by atoms with Gasteiger partial charge in [-0.15, -0.1) is 12.4 Å². The van der Waals surface area contributed by atoms with Crippen LogP contribution in [0.3, 0.4) is 0 Å². The molecule has 1 aromatic heterocycles. The van der Waals surface area contributed by atoms with Crippen LogP contribution >= 0.6 is 39.9 Å². The van der Waals surface area contributed by atoms with Crippen LogP contribution in [0.15, 0.2) is 47.1 Å². The molecule has 3 aromatic rings. The number of hydrogen-bond donors (Lipinski definition) is 2. The van der Waals surface area contributed by atoms with Crippen molar-refractivity contribution < 1.29 is 9.50 Å². The third-order valence-corrected chi connectivity index (χ3v) is 3.88. The number of hydrogen-bond acceptors (Lipinski definition) is 3. The van der Waals surface area contributed by atoms with Gasteiger partial charge in [-0.1, -0.05) is 11.6 Å². The number of anilines is 2. The first-order chi connectivity index (χ1) is 10.0. The summed E-state index contributed by atoms with van der Waals surface area (Å²) in [7, 11) is 0. The van der Waals surface area contributed by atoms with Gasteiger partial charge in [0.25, 0.3) is 0 Å². The highest BCUT2D eigenvalue weighted by molar-refractivity contribution is 9.10. The van der Waals surface area contributed by atoms with Gasteiger partial charge in [0.1, 0.15) is 11.6 Å². The number of aromatic nitrogens is 1. The molecule has 2 N–H and O–H groups in total. The van der Waals surface area contributed by atoms with E-state index in [4.69, 9.17) is 11.6 Å². The van der Waals surface area contributed by atoms with Crippen LogP contribution in [0.2, 0.25) is 5.02 Å². The monoisotopic (exact) mass is 402 g/mol. The largest absolute Gasteiger partial charge is 0.507 e. The fourth-order valence-corrected chi connectivity index (χ4v) is 2.49. The summed E-state index contributed by atoms with van der Waals surface area (Å²) in [6.45, 7) is 0. The minimum atomic E-state index is -0.474. The van der Waals surface area contributed by atoms with Gasteiger partial charge < -0.3 is 10.4 Å². The molecular weight excluding hydrogens is 394 g/mol. The topological polar surface area (TPSA) is 45.1 Å². The molecule has 0 saturated carbocycles. The average molecular weight is 404 g/mol. The van der Waals surface area contributed by atoms with Crippen molar-refractivity contribution in [2.24, 2.45) is 0 Å². The lowest BCUT2D eigenvalue weighted by Gasteiger charge is -2.11. The molecule has 0 bridgehead atoms. The van der Waals surface area contributed by atoms with E-state index in [0.29, 0.717) is 20.7 Å². The maximum Gasteiger partial charge on any atom is 0.148 e. The number of phenols is 1. The standard InChI is InChI=1S/C15H9BrClFN2O.ClH/c16-10-6-11(18)14(7-15(10)21)20-12-3-4-19-13-5-8(17)1-2-9(12)13;/h1-7,21H,(H,19,20);1H. The molecule has 0 amide bonds. The van der Waals surface area contributed by atoms with E-state index in [1.165, 1.54) is 12.1 Å². The molecule has 1 heterocycles. The van der Waals surface area contributed by atoms with Crippen LogP contribution in [0.1, 0.15) is 0 Å². The van der Waals surface area contributed by atoms with Crippen LogP contribution < -0.4 is 5.32 Å². The molecule has 3 nitrogen and oxygen atoms in total. The van der Waals surface area contributed by atoms with Gasteiger partial charge in [0, 0.05) is 28.4 Å². The van der Waals surface area contributed by atoms with Crippen molar-refractivity contribution in [1.82, 2.24) is 4.98 Å². The van der Waals surface area contributed by atoms with Gasteiger partial charge in [-0.05, 0) is 46.3 Å². The maximum atomic E-state index is 13.9. The van der Waals surface area contributed by atoms with Crippen LogP contribution in [-0.2, 0) is 0 Å². The first-order valence-corrected chi connectivity index (χ1v) is 7.21. The highest BCUT2D eigenvalue weighted by atomic mass is 79.9. The Morgan fingerprint density at radius 2 is 1.91 bits per heavy atom. The van der Waals surface area contributed by atoms with E-state index in [0.717, 1.165) is 5.39 Å². The summed E-state index contributed by atoms with van der Waals surface area (Å²) in [5, 5.41) is 14.0. The molecule has 3 rings (SSSR count). The quantitative estimate of drug-likeness (QED) is 0.580. The normalized spacial score (nSPS) is 10.3. The molecule has 0 aliphatic carbocycles. The second-order valence-corrected chi connectivity index (χ2v) is 5.72. The highest BCUT2D eigenvalue weighted by Crippen LogP contribution is 2.33. The Kier molecular flexibility index (Phi) is 5.11. The highest BCUT2D eigenvalue weighted by Gasteiger charge is 2.10. The van der Waals surface area contributed by atoms with Crippen molar-refractivity contribution >= 4 is 62.2 Å². The number of nitrogens with one attached hydrogen (secondary N) is 1. The van der Waals surface area contributed by atoms with E-state index in [-0.39, 0.29) is 23.8 Å². The van der Waals surface area contributed by atoms with E-state index in [1.807, 2.05) is 6.07 Å². The number of pyridine rings is 1. The molecule has 2 aromatic carbocycles. The summed E-state index contributed by atoms with van der Waals surface area (Å²) in [6.07, 6.45) is 1.61. The fourth-order valence-electron chi connectivity index (χ4n) is 2.01. The van der Waals surface area contributed by atoms with Gasteiger partial charge in [-0.3, -0.25) is 4.98 Å². The van der Waals surface area contributed by atoms with Crippen LogP contribution in [0, 0.1) is 5.82 Å². The average Bonchev–Trinajstić information content (AvgIpc) is 2.44. The van der Waals surface area contributed by atoms with E-state index in [1.54, 1.807) is 24.4 Å². The SMILES string of the molecule is Cl.Oc1cc(Nc2ccnc3cc(Cl)ccc23)c(F)cc1Br. The molecule has 0 aliphatic rings. The van der Waals surface area contributed by atoms with E-state index in [9.17, 15) is 9.50 Å². The molecule has 0 aliphatic heterocycles. The third kappa shape index (κ3) is 3.27. The minimum Gasteiger partial charge on any atom is -0.507 e. The lowest BCUT2D eigenvalue weighted by atomic mass is 10.1. The zero-order valence-electron chi connectivity index (χ0n) is 11.0. The summed E-state index contributed by atoms with van der Waals surface area (Å²) in [5.74, 6) is -0.515.